The second-order valence-electron chi connectivity index (χ2n) is 4.01. The zero-order valence-electron chi connectivity index (χ0n) is 10.0. The van der Waals surface area contributed by atoms with E-state index in [1.54, 1.807) is 18.2 Å². The molecule has 0 atom stereocenters. The van der Waals surface area contributed by atoms with Gasteiger partial charge in [0.1, 0.15) is 5.69 Å². The quantitative estimate of drug-likeness (QED) is 0.764. The van der Waals surface area contributed by atoms with E-state index in [1.165, 1.54) is 29.5 Å². The number of amides is 1. The summed E-state index contributed by atoms with van der Waals surface area (Å²) in [5.74, 6) is -0.409. The predicted molar refractivity (Wildman–Crippen MR) is 79.6 cm³/mol. The summed E-state index contributed by atoms with van der Waals surface area (Å²) in [5.41, 5.74) is 0.625. The Kier molecular flexibility index (Phi) is 3.25. The Morgan fingerprint density at radius 3 is 2.95 bits per heavy atom. The van der Waals surface area contributed by atoms with E-state index in [0.717, 1.165) is 10.2 Å². The number of rotatable bonds is 2. The van der Waals surface area contributed by atoms with E-state index in [1.807, 2.05) is 0 Å². The summed E-state index contributed by atoms with van der Waals surface area (Å²) in [6, 6.07) is 9.70. The van der Waals surface area contributed by atoms with Crippen molar-refractivity contribution in [1.82, 2.24) is 9.97 Å². The Morgan fingerprint density at radius 1 is 1.30 bits per heavy atom. The second kappa shape index (κ2) is 5.07. The Balaban J connectivity index is 1.89. The molecule has 0 radical (unpaired) electrons. The molecule has 7 heteroatoms. The highest BCUT2D eigenvalue weighted by molar-refractivity contribution is 7.22. The fourth-order valence-corrected chi connectivity index (χ4v) is 2.83. The average Bonchev–Trinajstić information content (AvgIpc) is 2.80. The molecule has 2 aromatic heterocycles. The van der Waals surface area contributed by atoms with Crippen molar-refractivity contribution in [3.63, 3.8) is 0 Å². The average molecular weight is 306 g/mol. The van der Waals surface area contributed by atoms with Crippen molar-refractivity contribution in [2.75, 3.05) is 5.32 Å². The van der Waals surface area contributed by atoms with Gasteiger partial charge in [-0.3, -0.25) is 14.9 Å². The molecular formula is C13H8ClN3O2S. The lowest BCUT2D eigenvalue weighted by atomic mass is 10.3. The first-order valence-electron chi connectivity index (χ1n) is 5.68. The highest BCUT2D eigenvalue weighted by atomic mass is 35.5. The smallest absolute Gasteiger partial charge is 0.273 e. The Hall–Kier alpha value is -2.18. The van der Waals surface area contributed by atoms with Crippen LogP contribution >= 0.6 is 22.9 Å². The van der Waals surface area contributed by atoms with Crippen molar-refractivity contribution in [3.8, 4) is 0 Å². The molecule has 0 saturated heterocycles. The van der Waals surface area contributed by atoms with Gasteiger partial charge < -0.3 is 4.98 Å². The number of hydrogen-bond donors (Lipinski definition) is 2. The lowest BCUT2D eigenvalue weighted by Crippen LogP contribution is -2.17. The number of nitrogens with zero attached hydrogens (tertiary/aromatic N) is 1. The third-order valence-electron chi connectivity index (χ3n) is 2.58. The molecule has 5 nitrogen and oxygen atoms in total. The number of carbonyl (C=O) groups is 1. The fourth-order valence-electron chi connectivity index (χ4n) is 1.70. The molecular weight excluding hydrogens is 298 g/mol. The zero-order chi connectivity index (χ0) is 14.1. The van der Waals surface area contributed by atoms with E-state index in [2.05, 4.69) is 15.3 Å². The SMILES string of the molecule is O=C(Nc1nc2ccc(Cl)cc2s1)c1cccc(=O)[nH]1. The molecule has 0 bridgehead atoms. The van der Waals surface area contributed by atoms with Crippen LogP contribution in [0, 0.1) is 0 Å². The molecule has 2 N–H and O–H groups in total. The number of nitrogens with one attached hydrogen (secondary N) is 2. The monoisotopic (exact) mass is 305 g/mol. The number of carbonyl (C=O) groups excluding carboxylic acids is 1. The van der Waals surface area contributed by atoms with E-state index < -0.39 is 5.91 Å². The highest BCUT2D eigenvalue weighted by Crippen LogP contribution is 2.28. The summed E-state index contributed by atoms with van der Waals surface area (Å²) in [4.78, 5) is 29.9. The molecule has 1 amide bonds. The molecule has 0 aliphatic carbocycles. The van der Waals surface area contributed by atoms with E-state index >= 15 is 0 Å². The Labute approximate surface area is 122 Å². The number of thiazole rings is 1. The van der Waals surface area contributed by atoms with Crippen LogP contribution in [0.2, 0.25) is 5.02 Å². The summed E-state index contributed by atoms with van der Waals surface area (Å²) in [7, 11) is 0. The van der Waals surface area contributed by atoms with Crippen LogP contribution in [0.15, 0.2) is 41.2 Å². The Morgan fingerprint density at radius 2 is 2.15 bits per heavy atom. The summed E-state index contributed by atoms with van der Waals surface area (Å²) in [6.45, 7) is 0. The second-order valence-corrected chi connectivity index (χ2v) is 5.48. The number of benzene rings is 1. The summed E-state index contributed by atoms with van der Waals surface area (Å²) in [6.07, 6.45) is 0. The lowest BCUT2D eigenvalue weighted by molar-refractivity contribution is 0.102. The topological polar surface area (TPSA) is 74.8 Å². The molecule has 0 aliphatic rings. The molecule has 1 aromatic carbocycles. The van der Waals surface area contributed by atoms with E-state index in [4.69, 9.17) is 11.6 Å². The maximum atomic E-state index is 12.0. The molecule has 3 aromatic rings. The van der Waals surface area contributed by atoms with Gasteiger partial charge in [-0.1, -0.05) is 29.0 Å². The van der Waals surface area contributed by atoms with E-state index in [9.17, 15) is 9.59 Å². The van der Waals surface area contributed by atoms with Crippen molar-refractivity contribution in [2.24, 2.45) is 0 Å². The zero-order valence-corrected chi connectivity index (χ0v) is 11.6. The van der Waals surface area contributed by atoms with Gasteiger partial charge in [-0.15, -0.1) is 0 Å². The van der Waals surface area contributed by atoms with Gasteiger partial charge in [0.25, 0.3) is 5.91 Å². The van der Waals surface area contributed by atoms with Crippen LogP contribution in [0.4, 0.5) is 5.13 Å². The van der Waals surface area contributed by atoms with Crippen molar-refractivity contribution in [3.05, 3.63) is 57.5 Å². The van der Waals surface area contributed by atoms with Gasteiger partial charge in [0, 0.05) is 11.1 Å². The number of anilines is 1. The van der Waals surface area contributed by atoms with Crippen molar-refractivity contribution in [1.29, 1.82) is 0 Å². The highest BCUT2D eigenvalue weighted by Gasteiger charge is 2.10. The van der Waals surface area contributed by atoms with Gasteiger partial charge in [0.15, 0.2) is 5.13 Å². The van der Waals surface area contributed by atoms with Crippen LogP contribution in [-0.4, -0.2) is 15.9 Å². The van der Waals surface area contributed by atoms with Crippen molar-refractivity contribution < 1.29 is 4.79 Å². The van der Waals surface area contributed by atoms with Crippen LogP contribution in [-0.2, 0) is 0 Å². The van der Waals surface area contributed by atoms with E-state index in [-0.39, 0.29) is 11.3 Å². The lowest BCUT2D eigenvalue weighted by Gasteiger charge is -2.00. The normalized spacial score (nSPS) is 10.7. The maximum absolute atomic E-state index is 12.0. The third-order valence-corrected chi connectivity index (χ3v) is 3.75. The number of halogens is 1. The van der Waals surface area contributed by atoms with Crippen LogP contribution < -0.4 is 10.9 Å². The summed E-state index contributed by atoms with van der Waals surface area (Å²) in [5, 5.41) is 3.72. The van der Waals surface area contributed by atoms with Crippen molar-refractivity contribution >= 4 is 44.2 Å². The van der Waals surface area contributed by atoms with E-state index in [0.29, 0.717) is 10.2 Å². The van der Waals surface area contributed by atoms with Crippen LogP contribution in [0.3, 0.4) is 0 Å². The van der Waals surface area contributed by atoms with Crippen molar-refractivity contribution in [2.45, 2.75) is 0 Å². The van der Waals surface area contributed by atoms with Gasteiger partial charge in [-0.25, -0.2) is 4.98 Å². The van der Waals surface area contributed by atoms with Gasteiger partial charge >= 0.3 is 0 Å². The molecule has 100 valence electrons. The molecule has 2 heterocycles. The summed E-state index contributed by atoms with van der Waals surface area (Å²) < 4.78 is 0.884. The number of pyridine rings is 1. The molecule has 0 spiro atoms. The molecule has 0 unspecified atom stereocenters. The van der Waals surface area contributed by atoms with Gasteiger partial charge in [-0.2, -0.15) is 0 Å². The summed E-state index contributed by atoms with van der Waals surface area (Å²) >= 11 is 7.22. The first-order valence-corrected chi connectivity index (χ1v) is 6.88. The number of aromatic nitrogens is 2. The third kappa shape index (κ3) is 2.56. The fraction of sp³-hybridized carbons (Fsp3) is 0. The predicted octanol–water partition coefficient (Wildman–Crippen LogP) is 2.89. The van der Waals surface area contributed by atoms with Crippen LogP contribution in [0.5, 0.6) is 0 Å². The molecule has 0 saturated carbocycles. The minimum Gasteiger partial charge on any atom is -0.318 e. The van der Waals surface area contributed by atoms with Crippen LogP contribution in [0.1, 0.15) is 10.5 Å². The standard InChI is InChI=1S/C13H8ClN3O2S/c14-7-4-5-8-10(6-7)20-13(16-8)17-12(19)9-2-1-3-11(18)15-9/h1-6H,(H,15,18)(H,16,17,19). The number of aromatic amines is 1. The first-order chi connectivity index (χ1) is 9.61. The maximum Gasteiger partial charge on any atom is 0.273 e. The first kappa shape index (κ1) is 12.8. The Bertz CT molecular complexity index is 856. The van der Waals surface area contributed by atoms with Gasteiger partial charge in [0.05, 0.1) is 10.2 Å². The number of H-pyrrole nitrogens is 1. The molecule has 3 rings (SSSR count). The van der Waals surface area contributed by atoms with Gasteiger partial charge in [0.2, 0.25) is 5.56 Å². The minimum atomic E-state index is -0.409. The van der Waals surface area contributed by atoms with Crippen LogP contribution in [0.25, 0.3) is 10.2 Å². The number of fused-ring (bicyclic) bond motifs is 1. The van der Waals surface area contributed by atoms with Gasteiger partial charge in [-0.05, 0) is 24.3 Å². The largest absolute Gasteiger partial charge is 0.318 e. The minimum absolute atomic E-state index is 0.190. The number of hydrogen-bond acceptors (Lipinski definition) is 4. The molecule has 0 fully saturated rings. The molecule has 0 aliphatic heterocycles. The molecule has 20 heavy (non-hydrogen) atoms.